The van der Waals surface area contributed by atoms with Crippen molar-refractivity contribution in [3.63, 3.8) is 0 Å². The van der Waals surface area contributed by atoms with Crippen molar-refractivity contribution in [1.82, 2.24) is 0 Å². The fourth-order valence-corrected chi connectivity index (χ4v) is 3.30. The fraction of sp³-hybridized carbons (Fsp3) is 0.222. The van der Waals surface area contributed by atoms with Crippen molar-refractivity contribution in [3.8, 4) is 5.75 Å². The van der Waals surface area contributed by atoms with Gasteiger partial charge in [-0.05, 0) is 18.2 Å². The molecule has 1 N–H and O–H groups in total. The van der Waals surface area contributed by atoms with Crippen LogP contribution in [0.4, 0.5) is 17.1 Å². The number of carbonyl (C=O) groups excluding carboxylic acids is 2. The van der Waals surface area contributed by atoms with Crippen LogP contribution in [0.15, 0.2) is 36.4 Å². The van der Waals surface area contributed by atoms with Crippen LogP contribution < -0.4 is 15.0 Å². The Morgan fingerprint density at radius 3 is 2.75 bits per heavy atom. The quantitative estimate of drug-likeness (QED) is 0.580. The maximum absolute atomic E-state index is 12.6. The summed E-state index contributed by atoms with van der Waals surface area (Å²) in [5.41, 5.74) is 0.573. The number of ether oxygens (including phenoxy) is 1. The molecule has 1 aliphatic heterocycles. The first-order valence-corrected chi connectivity index (χ1v) is 8.95. The van der Waals surface area contributed by atoms with Gasteiger partial charge in [-0.3, -0.25) is 19.7 Å². The van der Waals surface area contributed by atoms with E-state index in [9.17, 15) is 19.7 Å². The molecule has 2 aromatic carbocycles. The first-order valence-electron chi connectivity index (χ1n) is 8.19. The summed E-state index contributed by atoms with van der Waals surface area (Å²) in [4.78, 5) is 36.8. The van der Waals surface area contributed by atoms with Crippen LogP contribution in [0.25, 0.3) is 0 Å². The summed E-state index contributed by atoms with van der Waals surface area (Å²) in [6.07, 6.45) is -0.00976. The highest BCUT2D eigenvalue weighted by Crippen LogP contribution is 2.36. The third-order valence-electron chi connectivity index (χ3n) is 4.37. The van der Waals surface area contributed by atoms with Crippen LogP contribution in [-0.2, 0) is 9.59 Å². The average Bonchev–Trinajstić information content (AvgIpc) is 3.06. The molecule has 0 spiro atoms. The minimum atomic E-state index is -0.623. The number of hydrogen-bond donors (Lipinski definition) is 1. The lowest BCUT2D eigenvalue weighted by Gasteiger charge is -2.19. The molecule has 0 radical (unpaired) electrons. The second-order valence-corrected chi connectivity index (χ2v) is 6.89. The molecule has 1 heterocycles. The smallest absolute Gasteiger partial charge is 0.273 e. The minimum absolute atomic E-state index is 0.00976. The molecule has 1 atom stereocenters. The highest BCUT2D eigenvalue weighted by atomic mass is 35.5. The van der Waals surface area contributed by atoms with Crippen LogP contribution >= 0.6 is 23.2 Å². The van der Waals surface area contributed by atoms with Crippen LogP contribution in [0, 0.1) is 16.0 Å². The van der Waals surface area contributed by atoms with Crippen LogP contribution in [0.5, 0.6) is 5.75 Å². The van der Waals surface area contributed by atoms with Gasteiger partial charge in [0.25, 0.3) is 5.69 Å². The first kappa shape index (κ1) is 19.9. The summed E-state index contributed by atoms with van der Waals surface area (Å²) in [5.74, 6) is -1.10. The topological polar surface area (TPSA) is 102 Å². The molecule has 1 saturated heterocycles. The lowest BCUT2D eigenvalue weighted by atomic mass is 10.1. The molecule has 0 aliphatic carbocycles. The molecule has 146 valence electrons. The maximum atomic E-state index is 12.6. The van der Waals surface area contributed by atoms with Crippen LogP contribution in [-0.4, -0.2) is 30.4 Å². The number of anilines is 2. The molecule has 2 aromatic rings. The zero-order valence-electron chi connectivity index (χ0n) is 14.6. The van der Waals surface area contributed by atoms with Gasteiger partial charge in [0.05, 0.1) is 45.4 Å². The third-order valence-corrected chi connectivity index (χ3v) is 5.19. The van der Waals surface area contributed by atoms with Gasteiger partial charge in [0, 0.05) is 19.0 Å². The molecule has 0 saturated carbocycles. The van der Waals surface area contributed by atoms with Crippen molar-refractivity contribution >= 4 is 52.1 Å². The minimum Gasteiger partial charge on any atom is -0.494 e. The first-order chi connectivity index (χ1) is 13.3. The number of amides is 2. The molecule has 0 bridgehead atoms. The van der Waals surface area contributed by atoms with E-state index < -0.39 is 10.8 Å². The second-order valence-electron chi connectivity index (χ2n) is 6.11. The van der Waals surface area contributed by atoms with Crippen LogP contribution in [0.1, 0.15) is 6.42 Å². The molecule has 3 rings (SSSR count). The molecule has 2 amide bonds. The number of nitrogens with zero attached hydrogens (tertiary/aromatic N) is 2. The number of halogens is 2. The van der Waals surface area contributed by atoms with Gasteiger partial charge in [-0.25, -0.2) is 0 Å². The molecule has 28 heavy (non-hydrogen) atoms. The molecule has 0 aromatic heterocycles. The van der Waals surface area contributed by atoms with E-state index in [1.165, 1.54) is 30.2 Å². The normalized spacial score (nSPS) is 16.2. The maximum Gasteiger partial charge on any atom is 0.273 e. The van der Waals surface area contributed by atoms with Crippen molar-refractivity contribution in [1.29, 1.82) is 0 Å². The monoisotopic (exact) mass is 423 g/mol. The van der Waals surface area contributed by atoms with E-state index in [0.29, 0.717) is 16.4 Å². The predicted octanol–water partition coefficient (Wildman–Crippen LogP) is 3.90. The van der Waals surface area contributed by atoms with Gasteiger partial charge in [0.15, 0.2) is 0 Å². The summed E-state index contributed by atoms with van der Waals surface area (Å²) in [6.45, 7) is 0.108. The van der Waals surface area contributed by atoms with E-state index in [1.807, 2.05) is 0 Å². The average molecular weight is 424 g/mol. The Hall–Kier alpha value is -2.84. The number of hydrogen-bond acceptors (Lipinski definition) is 5. The van der Waals surface area contributed by atoms with Crippen LogP contribution in [0.3, 0.4) is 0 Å². The molecule has 1 aliphatic rings. The molecule has 0 unspecified atom stereocenters. The molecule has 1 fully saturated rings. The molecule has 10 heteroatoms. The summed E-state index contributed by atoms with van der Waals surface area (Å²) < 4.78 is 5.19. The predicted molar refractivity (Wildman–Crippen MR) is 105 cm³/mol. The lowest BCUT2D eigenvalue weighted by molar-refractivity contribution is -0.384. The SMILES string of the molecule is COc1cc([N+](=O)[O-])ccc1N1C[C@@H](C(=O)Nc2cccc(Cl)c2Cl)CC1=O. The zero-order chi connectivity index (χ0) is 20.4. The number of nitrogens with one attached hydrogen (secondary N) is 1. The van der Waals surface area contributed by atoms with E-state index in [1.54, 1.807) is 18.2 Å². The van der Waals surface area contributed by atoms with E-state index in [4.69, 9.17) is 27.9 Å². The Bertz CT molecular complexity index is 966. The van der Waals surface area contributed by atoms with Gasteiger partial charge in [0.1, 0.15) is 5.75 Å². The number of carbonyl (C=O) groups is 2. The van der Waals surface area contributed by atoms with Gasteiger partial charge >= 0.3 is 0 Å². The molecule has 8 nitrogen and oxygen atoms in total. The number of benzene rings is 2. The number of rotatable bonds is 5. The summed E-state index contributed by atoms with van der Waals surface area (Å²) >= 11 is 12.0. The van der Waals surface area contributed by atoms with E-state index >= 15 is 0 Å². The number of non-ortho nitro benzene ring substituents is 1. The van der Waals surface area contributed by atoms with Gasteiger partial charge in [-0.15, -0.1) is 0 Å². The van der Waals surface area contributed by atoms with Gasteiger partial charge in [-0.1, -0.05) is 29.3 Å². The highest BCUT2D eigenvalue weighted by molar-refractivity contribution is 6.44. The second kappa shape index (κ2) is 8.04. The lowest BCUT2D eigenvalue weighted by Crippen LogP contribution is -2.28. The Kier molecular flexibility index (Phi) is 5.71. The Morgan fingerprint density at radius 1 is 1.32 bits per heavy atom. The van der Waals surface area contributed by atoms with E-state index in [0.717, 1.165) is 0 Å². The van der Waals surface area contributed by atoms with E-state index in [2.05, 4.69) is 5.32 Å². The van der Waals surface area contributed by atoms with Crippen molar-refractivity contribution < 1.29 is 19.2 Å². The third kappa shape index (κ3) is 3.88. The zero-order valence-corrected chi connectivity index (χ0v) is 16.2. The molecular weight excluding hydrogens is 409 g/mol. The van der Waals surface area contributed by atoms with Gasteiger partial charge < -0.3 is 15.0 Å². The number of nitro benzene ring substituents is 1. The Morgan fingerprint density at radius 2 is 2.07 bits per heavy atom. The van der Waals surface area contributed by atoms with Crippen molar-refractivity contribution in [3.05, 3.63) is 56.6 Å². The summed E-state index contributed by atoms with van der Waals surface area (Å²) in [6, 6.07) is 8.81. The Balaban J connectivity index is 1.79. The number of nitro groups is 1. The fourth-order valence-electron chi connectivity index (χ4n) is 2.95. The number of methoxy groups -OCH3 is 1. The Labute approximate surface area is 170 Å². The summed E-state index contributed by atoms with van der Waals surface area (Å²) in [5, 5.41) is 14.1. The van der Waals surface area contributed by atoms with Gasteiger partial charge in [0.2, 0.25) is 11.8 Å². The van der Waals surface area contributed by atoms with E-state index in [-0.39, 0.29) is 41.2 Å². The summed E-state index contributed by atoms with van der Waals surface area (Å²) in [7, 11) is 1.36. The largest absolute Gasteiger partial charge is 0.494 e. The van der Waals surface area contributed by atoms with Crippen molar-refractivity contribution in [2.45, 2.75) is 6.42 Å². The highest BCUT2D eigenvalue weighted by Gasteiger charge is 2.36. The van der Waals surface area contributed by atoms with Crippen molar-refractivity contribution in [2.75, 3.05) is 23.9 Å². The van der Waals surface area contributed by atoms with Crippen molar-refractivity contribution in [2.24, 2.45) is 5.92 Å². The molecular formula is C18H15Cl2N3O5. The standard InChI is InChI=1S/C18H15Cl2N3O5/c1-28-15-8-11(23(26)27)5-6-14(15)22-9-10(7-16(22)24)18(25)21-13-4-2-3-12(19)17(13)20/h2-6,8,10H,7,9H2,1H3,(H,21,25)/t10-/m0/s1. The van der Waals surface area contributed by atoms with Crippen LogP contribution in [0.2, 0.25) is 10.0 Å². The van der Waals surface area contributed by atoms with Gasteiger partial charge in [-0.2, -0.15) is 0 Å².